The van der Waals surface area contributed by atoms with E-state index in [1.165, 1.54) is 6.08 Å². The maximum Gasteiger partial charge on any atom is 0.254 e. The topological polar surface area (TPSA) is 77.8 Å². The van der Waals surface area contributed by atoms with E-state index in [1.807, 2.05) is 103 Å². The first kappa shape index (κ1) is 26.9. The van der Waals surface area contributed by atoms with Crippen molar-refractivity contribution in [1.29, 1.82) is 0 Å². The van der Waals surface area contributed by atoms with Crippen LogP contribution in [0.1, 0.15) is 21.7 Å². The number of hydrogen-bond acceptors (Lipinski definition) is 5. The van der Waals surface area contributed by atoms with Crippen LogP contribution in [-0.4, -0.2) is 48.0 Å². The second-order valence-electron chi connectivity index (χ2n) is 9.49. The smallest absolute Gasteiger partial charge is 0.254 e. The number of thiocarbonyl (C=S) groups is 1. The van der Waals surface area contributed by atoms with Crippen LogP contribution in [0.2, 0.25) is 0 Å². The van der Waals surface area contributed by atoms with Gasteiger partial charge < -0.3 is 19.5 Å². The first-order valence-electron chi connectivity index (χ1n) is 13.1. The maximum atomic E-state index is 12.9. The molecule has 202 valence electrons. The van der Waals surface area contributed by atoms with Crippen LogP contribution < -0.4 is 15.5 Å². The lowest BCUT2D eigenvalue weighted by molar-refractivity contribution is -0.115. The van der Waals surface area contributed by atoms with Gasteiger partial charge in [-0.15, -0.1) is 0 Å². The van der Waals surface area contributed by atoms with Crippen LogP contribution in [0, 0.1) is 6.92 Å². The molecular weight excluding hydrogens is 520 g/mol. The molecule has 3 aromatic carbocycles. The van der Waals surface area contributed by atoms with E-state index in [9.17, 15) is 9.59 Å². The Morgan fingerprint density at radius 3 is 2.27 bits per heavy atom. The van der Waals surface area contributed by atoms with Crippen molar-refractivity contribution in [2.24, 2.45) is 0 Å². The lowest BCUT2D eigenvalue weighted by Gasteiger charge is -2.36. The van der Waals surface area contributed by atoms with Crippen LogP contribution >= 0.6 is 12.2 Å². The second kappa shape index (κ2) is 12.4. The van der Waals surface area contributed by atoms with Gasteiger partial charge in [-0.1, -0.05) is 48.5 Å². The summed E-state index contributed by atoms with van der Waals surface area (Å²) in [6, 6.07) is 29.0. The Labute approximate surface area is 239 Å². The molecule has 0 radical (unpaired) electrons. The fourth-order valence-electron chi connectivity index (χ4n) is 4.58. The molecular formula is C32H30N4O3S. The average Bonchev–Trinajstić information content (AvgIpc) is 3.46. The summed E-state index contributed by atoms with van der Waals surface area (Å²) in [6.45, 7) is 4.82. The number of piperazine rings is 1. The summed E-state index contributed by atoms with van der Waals surface area (Å²) in [4.78, 5) is 29.4. The molecule has 0 atom stereocenters. The van der Waals surface area contributed by atoms with Crippen LogP contribution in [0.25, 0.3) is 17.4 Å². The molecule has 8 heteroatoms. The standard InChI is InChI=1S/C32H30N4O3S/c1-23-7-5-6-10-28(23)31(38)36-21-19-35(20-22-36)26-13-11-25(12-14-26)33-32(40)34-30(37)18-16-27-15-17-29(39-27)24-8-3-2-4-9-24/h2-18H,19-22H2,1H3,(H2,33,34,37,40)/b18-16+. The highest BCUT2D eigenvalue weighted by molar-refractivity contribution is 7.80. The zero-order valence-electron chi connectivity index (χ0n) is 22.2. The van der Waals surface area contributed by atoms with E-state index in [2.05, 4.69) is 15.5 Å². The molecule has 1 aromatic heterocycles. The number of nitrogens with one attached hydrogen (secondary N) is 2. The van der Waals surface area contributed by atoms with Gasteiger partial charge in [-0.2, -0.15) is 0 Å². The highest BCUT2D eigenvalue weighted by atomic mass is 32.1. The van der Waals surface area contributed by atoms with Gasteiger partial charge in [0.2, 0.25) is 5.91 Å². The van der Waals surface area contributed by atoms with Crippen molar-refractivity contribution in [1.82, 2.24) is 10.2 Å². The van der Waals surface area contributed by atoms with Crippen molar-refractivity contribution in [2.75, 3.05) is 36.4 Å². The summed E-state index contributed by atoms with van der Waals surface area (Å²) in [5.41, 5.74) is 4.57. The number of aryl methyl sites for hydroxylation is 1. The van der Waals surface area contributed by atoms with E-state index in [1.54, 1.807) is 6.08 Å². The van der Waals surface area contributed by atoms with Crippen molar-refractivity contribution in [3.63, 3.8) is 0 Å². The zero-order valence-corrected chi connectivity index (χ0v) is 23.0. The Kier molecular flexibility index (Phi) is 8.37. The van der Waals surface area contributed by atoms with Crippen LogP contribution in [0.4, 0.5) is 11.4 Å². The molecule has 0 spiro atoms. The monoisotopic (exact) mass is 550 g/mol. The summed E-state index contributed by atoms with van der Waals surface area (Å²) in [5.74, 6) is 1.04. The minimum atomic E-state index is -0.357. The van der Waals surface area contributed by atoms with E-state index in [0.29, 0.717) is 18.8 Å². The van der Waals surface area contributed by atoms with E-state index >= 15 is 0 Å². The number of anilines is 2. The highest BCUT2D eigenvalue weighted by Crippen LogP contribution is 2.23. The van der Waals surface area contributed by atoms with Crippen LogP contribution in [0.15, 0.2) is 101 Å². The number of hydrogen-bond donors (Lipinski definition) is 2. The van der Waals surface area contributed by atoms with Crippen molar-refractivity contribution < 1.29 is 14.0 Å². The first-order chi connectivity index (χ1) is 19.5. The van der Waals surface area contributed by atoms with Crippen molar-refractivity contribution in [3.05, 3.63) is 114 Å². The number of furan rings is 1. The van der Waals surface area contributed by atoms with Crippen LogP contribution in [0.3, 0.4) is 0 Å². The molecule has 0 saturated carbocycles. The van der Waals surface area contributed by atoms with E-state index in [4.69, 9.17) is 16.6 Å². The summed E-state index contributed by atoms with van der Waals surface area (Å²) in [5, 5.41) is 5.90. The first-order valence-corrected chi connectivity index (χ1v) is 13.5. The van der Waals surface area contributed by atoms with Gasteiger partial charge in [0.25, 0.3) is 5.91 Å². The molecule has 1 saturated heterocycles. The van der Waals surface area contributed by atoms with E-state index in [0.717, 1.165) is 46.9 Å². The van der Waals surface area contributed by atoms with Crippen LogP contribution in [0.5, 0.6) is 0 Å². The zero-order chi connectivity index (χ0) is 27.9. The number of carbonyl (C=O) groups is 2. The van der Waals surface area contributed by atoms with Gasteiger partial charge in [0.15, 0.2) is 5.11 Å². The number of rotatable bonds is 6. The van der Waals surface area contributed by atoms with Gasteiger partial charge in [0, 0.05) is 54.8 Å². The third-order valence-corrected chi connectivity index (χ3v) is 6.96. The summed E-state index contributed by atoms with van der Waals surface area (Å²) in [7, 11) is 0. The largest absolute Gasteiger partial charge is 0.457 e. The Morgan fingerprint density at radius 1 is 0.850 bits per heavy atom. The third-order valence-electron chi connectivity index (χ3n) is 6.75. The van der Waals surface area contributed by atoms with E-state index < -0.39 is 0 Å². The van der Waals surface area contributed by atoms with E-state index in [-0.39, 0.29) is 16.9 Å². The molecule has 2 amide bonds. The molecule has 0 aliphatic carbocycles. The quantitative estimate of drug-likeness (QED) is 0.235. The van der Waals surface area contributed by atoms with Gasteiger partial charge in [0.1, 0.15) is 11.5 Å². The Balaban J connectivity index is 1.08. The molecule has 1 aliphatic heterocycles. The van der Waals surface area contributed by atoms with Gasteiger partial charge >= 0.3 is 0 Å². The molecule has 1 fully saturated rings. The maximum absolute atomic E-state index is 12.9. The number of nitrogens with zero attached hydrogens (tertiary/aromatic N) is 2. The normalized spacial score (nSPS) is 13.3. The Bertz CT molecular complexity index is 1520. The van der Waals surface area contributed by atoms with Gasteiger partial charge in [-0.3, -0.25) is 14.9 Å². The fourth-order valence-corrected chi connectivity index (χ4v) is 4.80. The van der Waals surface area contributed by atoms with Gasteiger partial charge in [-0.25, -0.2) is 0 Å². The Hall–Kier alpha value is -4.69. The molecule has 40 heavy (non-hydrogen) atoms. The minimum absolute atomic E-state index is 0.0868. The summed E-state index contributed by atoms with van der Waals surface area (Å²) < 4.78 is 5.79. The average molecular weight is 551 g/mol. The van der Waals surface area contributed by atoms with Crippen molar-refractivity contribution >= 4 is 46.6 Å². The molecule has 0 bridgehead atoms. The summed E-state index contributed by atoms with van der Waals surface area (Å²) >= 11 is 5.31. The number of amides is 2. The van der Waals surface area contributed by atoms with Gasteiger partial charge in [0.05, 0.1) is 0 Å². The molecule has 1 aliphatic rings. The van der Waals surface area contributed by atoms with Crippen molar-refractivity contribution in [3.8, 4) is 11.3 Å². The number of benzene rings is 3. The van der Waals surface area contributed by atoms with Crippen molar-refractivity contribution in [2.45, 2.75) is 6.92 Å². The lowest BCUT2D eigenvalue weighted by atomic mass is 10.1. The highest BCUT2D eigenvalue weighted by Gasteiger charge is 2.23. The van der Waals surface area contributed by atoms with Crippen LogP contribution in [-0.2, 0) is 4.79 Å². The molecule has 4 aromatic rings. The minimum Gasteiger partial charge on any atom is -0.457 e. The molecule has 5 rings (SSSR count). The third kappa shape index (κ3) is 6.65. The fraction of sp³-hybridized carbons (Fsp3) is 0.156. The lowest BCUT2D eigenvalue weighted by Crippen LogP contribution is -2.48. The second-order valence-corrected chi connectivity index (χ2v) is 9.89. The molecule has 0 unspecified atom stereocenters. The predicted molar refractivity (Wildman–Crippen MR) is 163 cm³/mol. The SMILES string of the molecule is Cc1ccccc1C(=O)N1CCN(c2ccc(NC(=S)NC(=O)/C=C/c3ccc(-c4ccccc4)o3)cc2)CC1. The van der Waals surface area contributed by atoms with Gasteiger partial charge in [-0.05, 0) is 73.2 Å². The summed E-state index contributed by atoms with van der Waals surface area (Å²) in [6.07, 6.45) is 2.99. The molecule has 7 nitrogen and oxygen atoms in total. The molecule has 2 heterocycles. The molecule has 2 N–H and O–H groups in total. The number of carbonyl (C=O) groups excluding carboxylic acids is 2. The predicted octanol–water partition coefficient (Wildman–Crippen LogP) is 5.74. The Morgan fingerprint density at radius 2 is 1.55 bits per heavy atom.